The predicted octanol–water partition coefficient (Wildman–Crippen LogP) is 4.99. The van der Waals surface area contributed by atoms with Gasteiger partial charge in [0.25, 0.3) is 0 Å². The largest absolute Gasteiger partial charge is 0.497 e. The fourth-order valence-corrected chi connectivity index (χ4v) is 3.66. The molecule has 0 aromatic heterocycles. The van der Waals surface area contributed by atoms with Gasteiger partial charge in [-0.05, 0) is 43.4 Å². The summed E-state index contributed by atoms with van der Waals surface area (Å²) < 4.78 is 5.46. The number of hydrogen-bond donors (Lipinski definition) is 0. The molecule has 0 radical (unpaired) electrons. The maximum absolute atomic E-state index is 5.46. The van der Waals surface area contributed by atoms with E-state index >= 15 is 0 Å². The maximum Gasteiger partial charge on any atom is 0.120 e. The van der Waals surface area contributed by atoms with Crippen molar-refractivity contribution in [1.29, 1.82) is 0 Å². The van der Waals surface area contributed by atoms with Crippen molar-refractivity contribution in [3.8, 4) is 5.75 Å². The molecule has 22 heavy (non-hydrogen) atoms. The monoisotopic (exact) mass is 295 g/mol. The molecular formula is C20H25NO. The molecule has 2 heteroatoms. The lowest BCUT2D eigenvalue weighted by atomic mass is 9.80. The Morgan fingerprint density at radius 1 is 1.14 bits per heavy atom. The first-order chi connectivity index (χ1) is 10.5. The summed E-state index contributed by atoms with van der Waals surface area (Å²) in [6, 6.07) is 17.2. The summed E-state index contributed by atoms with van der Waals surface area (Å²) in [7, 11) is 1.74. The molecule has 2 nitrogen and oxygen atoms in total. The number of hydrogen-bond acceptors (Lipinski definition) is 2. The first-order valence-corrected chi connectivity index (χ1v) is 8.01. The zero-order chi connectivity index (χ0) is 15.7. The third-order valence-corrected chi connectivity index (χ3v) is 4.78. The van der Waals surface area contributed by atoms with Gasteiger partial charge in [0.1, 0.15) is 5.75 Å². The quantitative estimate of drug-likeness (QED) is 0.791. The van der Waals surface area contributed by atoms with E-state index in [-0.39, 0.29) is 5.54 Å². The molecular weight excluding hydrogens is 270 g/mol. The van der Waals surface area contributed by atoms with Gasteiger partial charge in [-0.25, -0.2) is 0 Å². The van der Waals surface area contributed by atoms with Gasteiger partial charge in [0.2, 0.25) is 0 Å². The zero-order valence-electron chi connectivity index (χ0n) is 14.0. The van der Waals surface area contributed by atoms with Crippen molar-refractivity contribution in [3.05, 3.63) is 59.7 Å². The number of fused-ring (bicyclic) bond motifs is 1. The topological polar surface area (TPSA) is 12.5 Å². The molecule has 0 N–H and O–H groups in total. The SMILES string of the molecule is COc1ccc2c(c1)N(Cc1ccccc1)C(C)(C)CC2C. The van der Waals surface area contributed by atoms with Gasteiger partial charge in [0, 0.05) is 23.8 Å². The van der Waals surface area contributed by atoms with Gasteiger partial charge in [0.15, 0.2) is 0 Å². The highest BCUT2D eigenvalue weighted by atomic mass is 16.5. The molecule has 1 aliphatic rings. The van der Waals surface area contributed by atoms with Crippen LogP contribution in [0.4, 0.5) is 5.69 Å². The standard InChI is InChI=1S/C20H25NO/c1-15-13-20(2,3)21(14-16-8-6-5-7-9-16)19-12-17(22-4)10-11-18(15)19/h5-12,15H,13-14H2,1-4H3. The van der Waals surface area contributed by atoms with Crippen LogP contribution in [0, 0.1) is 0 Å². The van der Waals surface area contributed by atoms with Gasteiger partial charge >= 0.3 is 0 Å². The van der Waals surface area contributed by atoms with Crippen molar-refractivity contribution in [2.24, 2.45) is 0 Å². The molecule has 0 fully saturated rings. The summed E-state index contributed by atoms with van der Waals surface area (Å²) in [6.45, 7) is 7.94. The Kier molecular flexibility index (Phi) is 3.86. The van der Waals surface area contributed by atoms with E-state index in [2.05, 4.69) is 74.2 Å². The van der Waals surface area contributed by atoms with Crippen LogP contribution < -0.4 is 9.64 Å². The van der Waals surface area contributed by atoms with Crippen molar-refractivity contribution in [2.75, 3.05) is 12.0 Å². The van der Waals surface area contributed by atoms with Gasteiger partial charge in [-0.1, -0.05) is 43.3 Å². The minimum Gasteiger partial charge on any atom is -0.497 e. The normalized spacial score (nSPS) is 19.6. The third kappa shape index (κ3) is 2.70. The number of nitrogens with zero attached hydrogens (tertiary/aromatic N) is 1. The molecule has 1 aliphatic heterocycles. The summed E-state index contributed by atoms with van der Waals surface area (Å²) in [4.78, 5) is 2.53. The summed E-state index contributed by atoms with van der Waals surface area (Å²) in [5.74, 6) is 1.50. The molecule has 1 heterocycles. The minimum atomic E-state index is 0.134. The van der Waals surface area contributed by atoms with Gasteiger partial charge in [0.05, 0.1) is 7.11 Å². The molecule has 2 aromatic rings. The molecule has 2 aromatic carbocycles. The Labute approximate surface area is 133 Å². The minimum absolute atomic E-state index is 0.134. The Bertz CT molecular complexity index is 648. The highest BCUT2D eigenvalue weighted by molar-refractivity contribution is 5.62. The number of anilines is 1. The van der Waals surface area contributed by atoms with E-state index in [4.69, 9.17) is 4.74 Å². The molecule has 0 spiro atoms. The molecule has 0 aliphatic carbocycles. The van der Waals surface area contributed by atoms with Crippen molar-refractivity contribution < 1.29 is 4.74 Å². The lowest BCUT2D eigenvalue weighted by Crippen LogP contribution is -2.47. The van der Waals surface area contributed by atoms with E-state index in [0.717, 1.165) is 12.3 Å². The van der Waals surface area contributed by atoms with E-state index in [9.17, 15) is 0 Å². The predicted molar refractivity (Wildman–Crippen MR) is 92.7 cm³/mol. The first-order valence-electron chi connectivity index (χ1n) is 8.01. The van der Waals surface area contributed by atoms with Crippen LogP contribution in [-0.4, -0.2) is 12.6 Å². The third-order valence-electron chi connectivity index (χ3n) is 4.78. The van der Waals surface area contributed by atoms with Crippen molar-refractivity contribution in [2.45, 2.75) is 45.2 Å². The summed E-state index contributed by atoms with van der Waals surface area (Å²) in [5, 5.41) is 0. The Hall–Kier alpha value is -1.96. The highest BCUT2D eigenvalue weighted by Crippen LogP contribution is 2.45. The molecule has 116 valence electrons. The second-order valence-electron chi connectivity index (χ2n) is 6.91. The molecule has 0 saturated carbocycles. The van der Waals surface area contributed by atoms with Crippen LogP contribution in [0.15, 0.2) is 48.5 Å². The summed E-state index contributed by atoms with van der Waals surface area (Å²) in [6.07, 6.45) is 1.17. The van der Waals surface area contributed by atoms with Gasteiger partial charge in [-0.2, -0.15) is 0 Å². The second kappa shape index (κ2) is 5.68. The summed E-state index contributed by atoms with van der Waals surface area (Å²) >= 11 is 0. The molecule has 1 atom stereocenters. The smallest absolute Gasteiger partial charge is 0.120 e. The van der Waals surface area contributed by atoms with E-state index in [1.54, 1.807) is 7.11 Å². The van der Waals surface area contributed by atoms with E-state index in [1.807, 2.05) is 0 Å². The second-order valence-corrected chi connectivity index (χ2v) is 6.91. The molecule has 0 bridgehead atoms. The number of benzene rings is 2. The van der Waals surface area contributed by atoms with Crippen molar-refractivity contribution >= 4 is 5.69 Å². The summed E-state index contributed by atoms with van der Waals surface area (Å²) in [5.41, 5.74) is 4.22. The zero-order valence-corrected chi connectivity index (χ0v) is 14.0. The number of rotatable bonds is 3. The van der Waals surface area contributed by atoms with E-state index in [1.165, 1.54) is 23.2 Å². The van der Waals surface area contributed by atoms with Crippen LogP contribution in [0.5, 0.6) is 5.75 Å². The van der Waals surface area contributed by atoms with Gasteiger partial charge in [-0.3, -0.25) is 0 Å². The van der Waals surface area contributed by atoms with Gasteiger partial charge < -0.3 is 9.64 Å². The van der Waals surface area contributed by atoms with Gasteiger partial charge in [-0.15, -0.1) is 0 Å². The molecule has 0 amide bonds. The van der Waals surface area contributed by atoms with Crippen molar-refractivity contribution in [3.63, 3.8) is 0 Å². The fraction of sp³-hybridized carbons (Fsp3) is 0.400. The molecule has 3 rings (SSSR count). The Balaban J connectivity index is 2.05. The van der Waals surface area contributed by atoms with Crippen LogP contribution in [0.25, 0.3) is 0 Å². The Morgan fingerprint density at radius 3 is 2.55 bits per heavy atom. The van der Waals surface area contributed by atoms with Crippen molar-refractivity contribution in [1.82, 2.24) is 0 Å². The first kappa shape index (κ1) is 15.0. The number of ether oxygens (including phenoxy) is 1. The maximum atomic E-state index is 5.46. The fourth-order valence-electron chi connectivity index (χ4n) is 3.66. The highest BCUT2D eigenvalue weighted by Gasteiger charge is 2.36. The van der Waals surface area contributed by atoms with Crippen LogP contribution in [0.2, 0.25) is 0 Å². The number of methoxy groups -OCH3 is 1. The van der Waals surface area contributed by atoms with E-state index in [0.29, 0.717) is 5.92 Å². The lowest BCUT2D eigenvalue weighted by molar-refractivity contribution is 0.371. The van der Waals surface area contributed by atoms with Crippen LogP contribution in [-0.2, 0) is 6.54 Å². The molecule has 0 saturated heterocycles. The van der Waals surface area contributed by atoms with Crippen LogP contribution >= 0.6 is 0 Å². The van der Waals surface area contributed by atoms with Crippen LogP contribution in [0.3, 0.4) is 0 Å². The lowest BCUT2D eigenvalue weighted by Gasteiger charge is -2.47. The Morgan fingerprint density at radius 2 is 1.86 bits per heavy atom. The molecule has 1 unspecified atom stereocenters. The average molecular weight is 295 g/mol. The van der Waals surface area contributed by atoms with Crippen LogP contribution in [0.1, 0.15) is 44.2 Å². The average Bonchev–Trinajstić information content (AvgIpc) is 2.51. The van der Waals surface area contributed by atoms with E-state index < -0.39 is 0 Å².